The second kappa shape index (κ2) is 6.06. The molecule has 1 aromatic rings. The van der Waals surface area contributed by atoms with Crippen molar-refractivity contribution in [1.82, 2.24) is 9.80 Å². The van der Waals surface area contributed by atoms with Crippen molar-refractivity contribution in [3.8, 4) is 0 Å². The van der Waals surface area contributed by atoms with Crippen molar-refractivity contribution >= 4 is 5.78 Å². The lowest BCUT2D eigenvalue weighted by Crippen LogP contribution is -2.50. The van der Waals surface area contributed by atoms with Gasteiger partial charge >= 0.3 is 0 Å². The average Bonchev–Trinajstić information content (AvgIpc) is 2.38. The van der Waals surface area contributed by atoms with Crippen LogP contribution in [0.1, 0.15) is 33.5 Å². The van der Waals surface area contributed by atoms with Crippen LogP contribution in [0.25, 0.3) is 0 Å². The maximum Gasteiger partial charge on any atom is 0.164 e. The second-order valence-corrected chi connectivity index (χ2v) is 6.28. The Morgan fingerprint density at radius 1 is 1.10 bits per heavy atom. The van der Waals surface area contributed by atoms with Gasteiger partial charge in [-0.05, 0) is 57.6 Å². The van der Waals surface area contributed by atoms with E-state index < -0.39 is 0 Å². The molecular formula is C17H26N2O. The van der Waals surface area contributed by atoms with Crippen LogP contribution in [0.4, 0.5) is 0 Å². The lowest BCUT2D eigenvalue weighted by Gasteiger charge is -2.37. The Labute approximate surface area is 122 Å². The van der Waals surface area contributed by atoms with E-state index >= 15 is 0 Å². The minimum atomic E-state index is 0.276. The van der Waals surface area contributed by atoms with Crippen LogP contribution in [0.15, 0.2) is 12.1 Å². The minimum absolute atomic E-state index is 0.276. The number of likely N-dealkylation sites (N-methyl/N-ethyl adjacent to an activating group) is 2. The molecule has 0 bridgehead atoms. The van der Waals surface area contributed by atoms with E-state index in [0.29, 0.717) is 12.5 Å². The molecule has 110 valence electrons. The van der Waals surface area contributed by atoms with Crippen LogP contribution in [0.3, 0.4) is 0 Å². The molecule has 1 heterocycles. The summed E-state index contributed by atoms with van der Waals surface area (Å²) in [5.41, 5.74) is 4.46. The summed E-state index contributed by atoms with van der Waals surface area (Å²) in [6.07, 6.45) is 0.615. The van der Waals surface area contributed by atoms with Gasteiger partial charge < -0.3 is 9.80 Å². The summed E-state index contributed by atoms with van der Waals surface area (Å²) >= 11 is 0. The molecule has 0 aromatic heterocycles. The highest BCUT2D eigenvalue weighted by molar-refractivity contribution is 5.98. The summed E-state index contributed by atoms with van der Waals surface area (Å²) in [5.74, 6) is 0.276. The largest absolute Gasteiger partial charge is 0.304 e. The Kier molecular flexibility index (Phi) is 4.61. The first-order valence-corrected chi connectivity index (χ1v) is 7.38. The summed E-state index contributed by atoms with van der Waals surface area (Å²) in [4.78, 5) is 17.2. The summed E-state index contributed by atoms with van der Waals surface area (Å²) in [6, 6.07) is 4.51. The molecule has 1 atom stereocenters. The molecule has 0 aliphatic carbocycles. The van der Waals surface area contributed by atoms with Crippen LogP contribution in [0, 0.1) is 20.8 Å². The number of benzene rings is 1. The highest BCUT2D eigenvalue weighted by atomic mass is 16.1. The van der Waals surface area contributed by atoms with E-state index in [2.05, 4.69) is 49.9 Å². The van der Waals surface area contributed by atoms with Crippen LogP contribution < -0.4 is 0 Å². The van der Waals surface area contributed by atoms with Crippen molar-refractivity contribution in [1.29, 1.82) is 0 Å². The standard InChI is InChI=1S/C17H26N2O/c1-12-8-14(3)16(9-13(12)2)17(20)10-15-11-18(4)6-7-19(15)5/h8-9,15H,6-7,10-11H2,1-5H3. The Morgan fingerprint density at radius 3 is 2.45 bits per heavy atom. The van der Waals surface area contributed by atoms with E-state index in [1.54, 1.807) is 0 Å². The van der Waals surface area contributed by atoms with Gasteiger partial charge in [0.1, 0.15) is 0 Å². The number of hydrogen-bond acceptors (Lipinski definition) is 3. The Balaban J connectivity index is 2.14. The highest BCUT2D eigenvalue weighted by Crippen LogP contribution is 2.19. The first kappa shape index (κ1) is 15.2. The fraction of sp³-hybridized carbons (Fsp3) is 0.588. The van der Waals surface area contributed by atoms with E-state index in [4.69, 9.17) is 0 Å². The van der Waals surface area contributed by atoms with Gasteiger partial charge in [0.15, 0.2) is 5.78 Å². The zero-order chi connectivity index (χ0) is 14.9. The molecule has 20 heavy (non-hydrogen) atoms. The number of ketones is 1. The number of carbonyl (C=O) groups excluding carboxylic acids is 1. The second-order valence-electron chi connectivity index (χ2n) is 6.28. The number of rotatable bonds is 3. The van der Waals surface area contributed by atoms with Crippen molar-refractivity contribution in [2.45, 2.75) is 33.2 Å². The number of piperazine rings is 1. The molecule has 0 saturated carbocycles. The maximum absolute atomic E-state index is 12.6. The van der Waals surface area contributed by atoms with Crippen molar-refractivity contribution < 1.29 is 4.79 Å². The zero-order valence-electron chi connectivity index (χ0n) is 13.4. The molecule has 2 rings (SSSR count). The summed E-state index contributed by atoms with van der Waals surface area (Å²) < 4.78 is 0. The zero-order valence-corrected chi connectivity index (χ0v) is 13.4. The van der Waals surface area contributed by atoms with Gasteiger partial charge in [0.2, 0.25) is 0 Å². The molecule has 0 spiro atoms. The van der Waals surface area contributed by atoms with Gasteiger partial charge in [-0.25, -0.2) is 0 Å². The molecule has 0 N–H and O–H groups in total. The van der Waals surface area contributed by atoms with Crippen LogP contribution >= 0.6 is 0 Å². The molecule has 1 saturated heterocycles. The fourth-order valence-corrected chi connectivity index (χ4v) is 2.91. The third kappa shape index (κ3) is 3.28. The van der Waals surface area contributed by atoms with Crippen molar-refractivity contribution in [3.63, 3.8) is 0 Å². The Bertz CT molecular complexity index is 510. The van der Waals surface area contributed by atoms with Gasteiger partial charge in [0, 0.05) is 37.7 Å². The molecule has 1 fully saturated rings. The van der Waals surface area contributed by atoms with E-state index in [1.807, 2.05) is 6.92 Å². The Hall–Kier alpha value is -1.19. The van der Waals surface area contributed by atoms with Crippen molar-refractivity contribution in [2.24, 2.45) is 0 Å². The van der Waals surface area contributed by atoms with Gasteiger partial charge in [-0.2, -0.15) is 0 Å². The Morgan fingerprint density at radius 2 is 1.75 bits per heavy atom. The minimum Gasteiger partial charge on any atom is -0.304 e. The van der Waals surface area contributed by atoms with Gasteiger partial charge in [-0.3, -0.25) is 4.79 Å². The van der Waals surface area contributed by atoms with Gasteiger partial charge in [0.25, 0.3) is 0 Å². The molecular weight excluding hydrogens is 248 g/mol. The maximum atomic E-state index is 12.6. The van der Waals surface area contributed by atoms with Crippen LogP contribution in [-0.4, -0.2) is 55.4 Å². The van der Waals surface area contributed by atoms with Crippen molar-refractivity contribution in [2.75, 3.05) is 33.7 Å². The third-order valence-electron chi connectivity index (χ3n) is 4.54. The normalized spacial score (nSPS) is 21.1. The van der Waals surface area contributed by atoms with Gasteiger partial charge in [0.05, 0.1) is 0 Å². The highest BCUT2D eigenvalue weighted by Gasteiger charge is 2.25. The van der Waals surface area contributed by atoms with Crippen LogP contribution in [0.2, 0.25) is 0 Å². The molecule has 1 aliphatic heterocycles. The van der Waals surface area contributed by atoms with Gasteiger partial charge in [-0.1, -0.05) is 6.07 Å². The molecule has 3 nitrogen and oxygen atoms in total. The number of aryl methyl sites for hydroxylation is 3. The topological polar surface area (TPSA) is 23.6 Å². The first-order chi connectivity index (χ1) is 9.38. The number of Topliss-reactive ketones (excluding diaryl/α,β-unsaturated/α-hetero) is 1. The smallest absolute Gasteiger partial charge is 0.164 e. The number of carbonyl (C=O) groups is 1. The van der Waals surface area contributed by atoms with Crippen LogP contribution in [-0.2, 0) is 0 Å². The predicted octanol–water partition coefficient (Wildman–Crippen LogP) is 2.43. The molecule has 3 heteroatoms. The summed E-state index contributed by atoms with van der Waals surface area (Å²) in [5, 5.41) is 0. The molecule has 1 unspecified atom stereocenters. The third-order valence-corrected chi connectivity index (χ3v) is 4.54. The average molecular weight is 274 g/mol. The van der Waals surface area contributed by atoms with E-state index in [-0.39, 0.29) is 5.78 Å². The van der Waals surface area contributed by atoms with E-state index in [0.717, 1.165) is 30.8 Å². The predicted molar refractivity (Wildman–Crippen MR) is 83.5 cm³/mol. The molecule has 1 aromatic carbocycles. The number of nitrogens with zero attached hydrogens (tertiary/aromatic N) is 2. The summed E-state index contributed by atoms with van der Waals surface area (Å²) in [7, 11) is 4.25. The lowest BCUT2D eigenvalue weighted by atomic mass is 9.94. The SMILES string of the molecule is Cc1cc(C)c(C(=O)CC2CN(C)CCN2C)cc1C. The summed E-state index contributed by atoms with van der Waals surface area (Å²) in [6.45, 7) is 9.32. The quantitative estimate of drug-likeness (QED) is 0.791. The molecule has 1 aliphatic rings. The number of hydrogen-bond donors (Lipinski definition) is 0. The fourth-order valence-electron chi connectivity index (χ4n) is 2.91. The van der Waals surface area contributed by atoms with Crippen molar-refractivity contribution in [3.05, 3.63) is 34.4 Å². The molecule has 0 amide bonds. The molecule has 0 radical (unpaired) electrons. The van der Waals surface area contributed by atoms with Gasteiger partial charge in [-0.15, -0.1) is 0 Å². The first-order valence-electron chi connectivity index (χ1n) is 7.38. The van der Waals surface area contributed by atoms with E-state index in [1.165, 1.54) is 11.1 Å². The monoisotopic (exact) mass is 274 g/mol. The lowest BCUT2D eigenvalue weighted by molar-refractivity contribution is 0.0809. The van der Waals surface area contributed by atoms with Crippen LogP contribution in [0.5, 0.6) is 0 Å². The van der Waals surface area contributed by atoms with E-state index in [9.17, 15) is 4.79 Å².